The number of likely N-dealkylation sites (N-methyl/N-ethyl adjacent to an activating group) is 1. The second kappa shape index (κ2) is 6.70. The Kier molecular flexibility index (Phi) is 5.23. The standard InChI is InChI=1S/C13H17NO3/c1-14(2)8-9-17-12(13(15)16)10-11-6-4-3-5-7-11/h3-7,10H,8-9H2,1-2H3,(H,15,16). The molecule has 0 unspecified atom stereocenters. The second-order valence-electron chi connectivity index (χ2n) is 3.88. The van der Waals surface area contributed by atoms with Crippen LogP contribution in [-0.4, -0.2) is 43.2 Å². The van der Waals surface area contributed by atoms with Gasteiger partial charge in [-0.2, -0.15) is 0 Å². The summed E-state index contributed by atoms with van der Waals surface area (Å²) in [6.07, 6.45) is 1.53. The van der Waals surface area contributed by atoms with Crippen LogP contribution in [0.3, 0.4) is 0 Å². The summed E-state index contributed by atoms with van der Waals surface area (Å²) in [6.45, 7) is 1.04. The number of carboxylic acids is 1. The first-order valence-corrected chi connectivity index (χ1v) is 5.37. The summed E-state index contributed by atoms with van der Waals surface area (Å²) in [5, 5.41) is 8.99. The number of nitrogens with zero attached hydrogens (tertiary/aromatic N) is 1. The van der Waals surface area contributed by atoms with Crippen molar-refractivity contribution in [2.75, 3.05) is 27.2 Å². The minimum absolute atomic E-state index is 0.0296. The number of benzene rings is 1. The molecular formula is C13H17NO3. The first kappa shape index (κ1) is 13.3. The minimum atomic E-state index is -1.05. The third kappa shape index (κ3) is 5.17. The highest BCUT2D eigenvalue weighted by molar-refractivity contribution is 5.89. The van der Waals surface area contributed by atoms with Gasteiger partial charge in [0.05, 0.1) is 0 Å². The van der Waals surface area contributed by atoms with Crippen LogP contribution in [0.2, 0.25) is 0 Å². The maximum atomic E-state index is 11.0. The Labute approximate surface area is 101 Å². The first-order valence-electron chi connectivity index (χ1n) is 5.37. The number of carboxylic acid groups (broad SMARTS) is 1. The molecule has 0 amide bonds. The van der Waals surface area contributed by atoms with E-state index in [1.165, 1.54) is 6.08 Å². The Balaban J connectivity index is 2.66. The predicted octanol–water partition coefficient (Wildman–Crippen LogP) is 1.69. The van der Waals surface area contributed by atoms with E-state index in [2.05, 4.69) is 0 Å². The van der Waals surface area contributed by atoms with Crippen LogP contribution in [0.5, 0.6) is 0 Å². The van der Waals surface area contributed by atoms with E-state index < -0.39 is 5.97 Å². The summed E-state index contributed by atoms with van der Waals surface area (Å²) in [5.74, 6) is -1.08. The Morgan fingerprint density at radius 1 is 1.35 bits per heavy atom. The molecule has 0 radical (unpaired) electrons. The number of ether oxygens (including phenoxy) is 1. The van der Waals surface area contributed by atoms with Crippen molar-refractivity contribution in [2.24, 2.45) is 0 Å². The zero-order valence-corrected chi connectivity index (χ0v) is 10.1. The molecule has 1 rings (SSSR count). The molecule has 0 aliphatic rings. The molecule has 0 heterocycles. The maximum absolute atomic E-state index is 11.0. The molecule has 0 saturated carbocycles. The molecular weight excluding hydrogens is 218 g/mol. The van der Waals surface area contributed by atoms with E-state index >= 15 is 0 Å². The fraction of sp³-hybridized carbons (Fsp3) is 0.308. The van der Waals surface area contributed by atoms with Gasteiger partial charge in [0.15, 0.2) is 0 Å². The Bertz CT molecular complexity index is 385. The summed E-state index contributed by atoms with van der Waals surface area (Å²) in [6, 6.07) is 9.25. The fourth-order valence-electron chi connectivity index (χ4n) is 1.20. The molecule has 0 bridgehead atoms. The first-order chi connectivity index (χ1) is 8.09. The lowest BCUT2D eigenvalue weighted by Gasteiger charge is -2.11. The van der Waals surface area contributed by atoms with Gasteiger partial charge in [0.25, 0.3) is 0 Å². The van der Waals surface area contributed by atoms with Gasteiger partial charge in [0.2, 0.25) is 5.76 Å². The van der Waals surface area contributed by atoms with E-state index in [1.54, 1.807) is 0 Å². The van der Waals surface area contributed by atoms with Crippen molar-refractivity contribution in [1.82, 2.24) is 4.90 Å². The minimum Gasteiger partial charge on any atom is -0.485 e. The quantitative estimate of drug-likeness (QED) is 0.602. The van der Waals surface area contributed by atoms with Crippen LogP contribution in [0.15, 0.2) is 36.1 Å². The van der Waals surface area contributed by atoms with Gasteiger partial charge in [-0.1, -0.05) is 30.3 Å². The summed E-state index contributed by atoms with van der Waals surface area (Å²) >= 11 is 0. The molecule has 1 aromatic carbocycles. The Morgan fingerprint density at radius 3 is 2.53 bits per heavy atom. The van der Waals surface area contributed by atoms with E-state index in [4.69, 9.17) is 9.84 Å². The van der Waals surface area contributed by atoms with Crippen LogP contribution in [-0.2, 0) is 9.53 Å². The third-order valence-electron chi connectivity index (χ3n) is 2.10. The van der Waals surface area contributed by atoms with Crippen LogP contribution in [0, 0.1) is 0 Å². The van der Waals surface area contributed by atoms with Crippen LogP contribution in [0.4, 0.5) is 0 Å². The van der Waals surface area contributed by atoms with Crippen molar-refractivity contribution in [3.63, 3.8) is 0 Å². The highest BCUT2D eigenvalue weighted by Gasteiger charge is 2.08. The highest BCUT2D eigenvalue weighted by atomic mass is 16.5. The van der Waals surface area contributed by atoms with Crippen molar-refractivity contribution in [3.05, 3.63) is 41.7 Å². The van der Waals surface area contributed by atoms with Gasteiger partial charge in [0.1, 0.15) is 6.61 Å². The van der Waals surface area contributed by atoms with Gasteiger partial charge < -0.3 is 14.7 Å². The van der Waals surface area contributed by atoms with Gasteiger partial charge >= 0.3 is 5.97 Å². The van der Waals surface area contributed by atoms with E-state index in [9.17, 15) is 4.79 Å². The molecule has 0 aromatic heterocycles. The Hall–Kier alpha value is -1.81. The van der Waals surface area contributed by atoms with E-state index in [0.717, 1.165) is 5.56 Å². The molecule has 0 aliphatic heterocycles. The van der Waals surface area contributed by atoms with Crippen molar-refractivity contribution in [3.8, 4) is 0 Å². The van der Waals surface area contributed by atoms with Gasteiger partial charge in [-0.3, -0.25) is 0 Å². The van der Waals surface area contributed by atoms with Gasteiger partial charge in [-0.05, 0) is 25.7 Å². The lowest BCUT2D eigenvalue weighted by molar-refractivity contribution is -0.136. The topological polar surface area (TPSA) is 49.8 Å². The maximum Gasteiger partial charge on any atom is 0.371 e. The molecule has 17 heavy (non-hydrogen) atoms. The van der Waals surface area contributed by atoms with Crippen molar-refractivity contribution in [2.45, 2.75) is 0 Å². The fourth-order valence-corrected chi connectivity index (χ4v) is 1.20. The Morgan fingerprint density at radius 2 is 2.00 bits per heavy atom. The zero-order chi connectivity index (χ0) is 12.7. The smallest absolute Gasteiger partial charge is 0.371 e. The molecule has 0 spiro atoms. The van der Waals surface area contributed by atoms with Gasteiger partial charge in [-0.25, -0.2) is 4.79 Å². The molecule has 0 atom stereocenters. The second-order valence-corrected chi connectivity index (χ2v) is 3.88. The third-order valence-corrected chi connectivity index (χ3v) is 2.10. The van der Waals surface area contributed by atoms with Crippen molar-refractivity contribution >= 4 is 12.0 Å². The molecule has 0 saturated heterocycles. The molecule has 1 aromatic rings. The van der Waals surface area contributed by atoms with Crippen LogP contribution in [0.25, 0.3) is 6.08 Å². The molecule has 92 valence electrons. The largest absolute Gasteiger partial charge is 0.485 e. The zero-order valence-electron chi connectivity index (χ0n) is 10.1. The summed E-state index contributed by atoms with van der Waals surface area (Å²) in [7, 11) is 3.81. The van der Waals surface area contributed by atoms with Crippen molar-refractivity contribution < 1.29 is 14.6 Å². The van der Waals surface area contributed by atoms with E-state index in [-0.39, 0.29) is 5.76 Å². The number of rotatable bonds is 6. The van der Waals surface area contributed by atoms with Crippen LogP contribution in [0.1, 0.15) is 5.56 Å². The predicted molar refractivity (Wildman–Crippen MR) is 66.6 cm³/mol. The molecule has 0 fully saturated rings. The lowest BCUT2D eigenvalue weighted by atomic mass is 10.2. The molecule has 4 nitrogen and oxygen atoms in total. The van der Waals surface area contributed by atoms with Gasteiger partial charge in [-0.15, -0.1) is 0 Å². The van der Waals surface area contributed by atoms with Crippen molar-refractivity contribution in [1.29, 1.82) is 0 Å². The van der Waals surface area contributed by atoms with Crippen LogP contribution >= 0.6 is 0 Å². The van der Waals surface area contributed by atoms with E-state index in [1.807, 2.05) is 49.3 Å². The van der Waals surface area contributed by atoms with E-state index in [0.29, 0.717) is 13.2 Å². The SMILES string of the molecule is CN(C)CCOC(=Cc1ccccc1)C(=O)O. The number of carbonyl (C=O) groups is 1. The van der Waals surface area contributed by atoms with Gasteiger partial charge in [0, 0.05) is 6.54 Å². The molecule has 1 N–H and O–H groups in total. The highest BCUT2D eigenvalue weighted by Crippen LogP contribution is 2.08. The number of hydrogen-bond acceptors (Lipinski definition) is 3. The summed E-state index contributed by atoms with van der Waals surface area (Å²) in [4.78, 5) is 12.9. The summed E-state index contributed by atoms with van der Waals surface area (Å²) < 4.78 is 5.24. The lowest BCUT2D eigenvalue weighted by Crippen LogP contribution is -2.19. The number of aliphatic carboxylic acids is 1. The normalized spacial score (nSPS) is 11.6. The molecule has 0 aliphatic carbocycles. The average Bonchev–Trinajstić information content (AvgIpc) is 2.28. The van der Waals surface area contributed by atoms with Crippen LogP contribution < -0.4 is 0 Å². The average molecular weight is 235 g/mol. The molecule has 4 heteroatoms. The number of hydrogen-bond donors (Lipinski definition) is 1. The monoisotopic (exact) mass is 235 g/mol. The summed E-state index contributed by atoms with van der Waals surface area (Å²) in [5.41, 5.74) is 0.815.